The van der Waals surface area contributed by atoms with Gasteiger partial charge in [0.15, 0.2) is 17.3 Å². The van der Waals surface area contributed by atoms with Crippen LogP contribution in [0.3, 0.4) is 0 Å². The molecule has 0 unspecified atom stereocenters. The van der Waals surface area contributed by atoms with Gasteiger partial charge in [-0.25, -0.2) is 18.7 Å². The molecule has 0 aliphatic rings. The highest BCUT2D eigenvalue weighted by Crippen LogP contribution is 2.42. The van der Waals surface area contributed by atoms with E-state index in [0.717, 1.165) is 19.9 Å². The third-order valence-corrected chi connectivity index (χ3v) is 5.67. The highest BCUT2D eigenvalue weighted by molar-refractivity contribution is 5.92. The van der Waals surface area contributed by atoms with Crippen LogP contribution in [0.1, 0.15) is 43.8 Å². The maximum absolute atomic E-state index is 15.3. The van der Waals surface area contributed by atoms with Gasteiger partial charge in [-0.05, 0) is 39.8 Å². The van der Waals surface area contributed by atoms with Crippen LogP contribution < -0.4 is 14.8 Å². The van der Waals surface area contributed by atoms with Crippen LogP contribution in [-0.4, -0.2) is 48.1 Å². The van der Waals surface area contributed by atoms with E-state index in [1.54, 1.807) is 13.8 Å². The van der Waals surface area contributed by atoms with E-state index in [-0.39, 0.29) is 52.8 Å². The van der Waals surface area contributed by atoms with Gasteiger partial charge in [-0.2, -0.15) is 8.78 Å². The van der Waals surface area contributed by atoms with E-state index in [2.05, 4.69) is 15.3 Å². The van der Waals surface area contributed by atoms with Crippen molar-refractivity contribution in [3.05, 3.63) is 52.9 Å². The molecule has 36 heavy (non-hydrogen) atoms. The fraction of sp³-hybridized carbons (Fsp3) is 0.440. The Morgan fingerprint density at radius 3 is 2.39 bits per heavy atom. The number of nitrogens with zero attached hydrogens (tertiary/aromatic N) is 2. The van der Waals surface area contributed by atoms with Crippen molar-refractivity contribution < 1.29 is 36.9 Å². The quantitative estimate of drug-likeness (QED) is 0.283. The molecule has 0 saturated carbocycles. The summed E-state index contributed by atoms with van der Waals surface area (Å²) in [6.45, 7) is 5.29. The molecular formula is C25H29F4N3O4. The lowest BCUT2D eigenvalue weighted by Gasteiger charge is -2.30. The van der Waals surface area contributed by atoms with Crippen LogP contribution in [0.5, 0.6) is 11.5 Å². The van der Waals surface area contributed by atoms with Crippen LogP contribution in [-0.2, 0) is 10.7 Å². The van der Waals surface area contributed by atoms with Crippen molar-refractivity contribution in [3.63, 3.8) is 0 Å². The molecule has 0 aliphatic heterocycles. The largest absolute Gasteiger partial charge is 0.490 e. The summed E-state index contributed by atoms with van der Waals surface area (Å²) in [5, 5.41) is 13.1. The highest BCUT2D eigenvalue weighted by Gasteiger charge is 2.49. The predicted molar refractivity (Wildman–Crippen MR) is 127 cm³/mol. The molecule has 0 saturated heterocycles. The van der Waals surface area contributed by atoms with Crippen molar-refractivity contribution in [1.82, 2.24) is 9.97 Å². The maximum Gasteiger partial charge on any atom is 0.303 e. The van der Waals surface area contributed by atoms with Crippen LogP contribution in [0.2, 0.25) is 0 Å². The van der Waals surface area contributed by atoms with Gasteiger partial charge >= 0.3 is 5.92 Å². The average molecular weight is 512 g/mol. The molecule has 0 radical (unpaired) electrons. The predicted octanol–water partition coefficient (Wildman–Crippen LogP) is 5.29. The molecule has 1 aromatic heterocycles. The Kier molecular flexibility index (Phi) is 7.94. The molecule has 0 bridgehead atoms. The van der Waals surface area contributed by atoms with Gasteiger partial charge in [-0.15, -0.1) is 0 Å². The van der Waals surface area contributed by atoms with E-state index >= 15 is 8.78 Å². The minimum Gasteiger partial charge on any atom is -0.490 e. The molecule has 1 atom stereocenters. The van der Waals surface area contributed by atoms with E-state index in [1.807, 2.05) is 0 Å². The molecule has 0 spiro atoms. The van der Waals surface area contributed by atoms with Crippen LogP contribution >= 0.6 is 0 Å². The maximum atomic E-state index is 15.3. The first kappa shape index (κ1) is 27.4. The molecule has 3 aromatic rings. The summed E-state index contributed by atoms with van der Waals surface area (Å²) < 4.78 is 75.8. The SMILES string of the molecule is COCCOc1cc2c(N[C@H](C)c3cccc(C(F)(F)C(C)(C)O)c3F)nc(C)nc2c(F)c1OC. The van der Waals surface area contributed by atoms with Crippen molar-refractivity contribution in [1.29, 1.82) is 0 Å². The number of halogens is 4. The van der Waals surface area contributed by atoms with Gasteiger partial charge in [-0.1, -0.05) is 12.1 Å². The zero-order chi connectivity index (χ0) is 26.8. The Hall–Kier alpha value is -3.18. The minimum absolute atomic E-state index is 0.0593. The number of fused-ring (bicyclic) bond motifs is 1. The Bertz CT molecular complexity index is 1250. The van der Waals surface area contributed by atoms with Gasteiger partial charge in [0.05, 0.1) is 25.3 Å². The number of methoxy groups -OCH3 is 2. The first-order chi connectivity index (χ1) is 16.8. The summed E-state index contributed by atoms with van der Waals surface area (Å²) in [5.41, 5.74) is -3.57. The third-order valence-electron chi connectivity index (χ3n) is 5.67. The van der Waals surface area contributed by atoms with Gasteiger partial charge in [0, 0.05) is 18.1 Å². The lowest BCUT2D eigenvalue weighted by Crippen LogP contribution is -2.41. The van der Waals surface area contributed by atoms with Crippen molar-refractivity contribution in [2.45, 2.75) is 45.3 Å². The molecule has 0 fully saturated rings. The number of aryl methyl sites for hydroxylation is 1. The second kappa shape index (κ2) is 10.4. The third kappa shape index (κ3) is 5.17. The molecule has 1 heterocycles. The first-order valence-corrected chi connectivity index (χ1v) is 11.2. The average Bonchev–Trinajstić information content (AvgIpc) is 2.79. The highest BCUT2D eigenvalue weighted by atomic mass is 19.3. The number of benzene rings is 2. The van der Waals surface area contributed by atoms with E-state index in [4.69, 9.17) is 14.2 Å². The normalized spacial score (nSPS) is 13.1. The van der Waals surface area contributed by atoms with Crippen molar-refractivity contribution in [2.75, 3.05) is 32.8 Å². The Balaban J connectivity index is 2.08. The molecule has 0 aliphatic carbocycles. The number of ether oxygens (including phenoxy) is 3. The molecule has 11 heteroatoms. The van der Waals surface area contributed by atoms with Crippen molar-refractivity contribution in [2.24, 2.45) is 0 Å². The van der Waals surface area contributed by atoms with Gasteiger partial charge in [0.1, 0.15) is 35.2 Å². The first-order valence-electron chi connectivity index (χ1n) is 11.2. The van der Waals surface area contributed by atoms with Crippen LogP contribution in [0.25, 0.3) is 10.9 Å². The number of rotatable bonds is 10. The molecule has 7 nitrogen and oxygen atoms in total. The van der Waals surface area contributed by atoms with Gasteiger partial charge in [-0.3, -0.25) is 0 Å². The number of hydrogen-bond acceptors (Lipinski definition) is 7. The van der Waals surface area contributed by atoms with Gasteiger partial charge in [0.25, 0.3) is 0 Å². The molecule has 0 amide bonds. The Labute approximate surface area is 206 Å². The monoisotopic (exact) mass is 511 g/mol. The number of anilines is 1. The lowest BCUT2D eigenvalue weighted by molar-refractivity contribution is -0.170. The molecule has 3 rings (SSSR count). The minimum atomic E-state index is -3.85. The second-order valence-electron chi connectivity index (χ2n) is 8.79. The number of alkyl halides is 2. The van der Waals surface area contributed by atoms with Crippen LogP contribution in [0.15, 0.2) is 24.3 Å². The molecule has 196 valence electrons. The fourth-order valence-electron chi connectivity index (χ4n) is 3.68. The second-order valence-corrected chi connectivity index (χ2v) is 8.79. The number of nitrogens with one attached hydrogen (secondary N) is 1. The summed E-state index contributed by atoms with van der Waals surface area (Å²) in [6, 6.07) is 4.16. The summed E-state index contributed by atoms with van der Waals surface area (Å²) in [5.74, 6) is -5.50. The van der Waals surface area contributed by atoms with Crippen molar-refractivity contribution >= 4 is 16.7 Å². The van der Waals surface area contributed by atoms with E-state index < -0.39 is 34.8 Å². The summed E-state index contributed by atoms with van der Waals surface area (Å²) in [4.78, 5) is 8.49. The number of aliphatic hydroxyl groups is 1. The smallest absolute Gasteiger partial charge is 0.303 e. The summed E-state index contributed by atoms with van der Waals surface area (Å²) in [6.07, 6.45) is 0. The van der Waals surface area contributed by atoms with E-state index in [1.165, 1.54) is 32.4 Å². The van der Waals surface area contributed by atoms with Gasteiger partial charge < -0.3 is 24.6 Å². The Morgan fingerprint density at radius 1 is 1.08 bits per heavy atom. The lowest BCUT2D eigenvalue weighted by atomic mass is 9.91. The number of aromatic nitrogens is 2. The fourth-order valence-corrected chi connectivity index (χ4v) is 3.68. The molecule has 2 aromatic carbocycles. The van der Waals surface area contributed by atoms with E-state index in [9.17, 15) is 13.9 Å². The summed E-state index contributed by atoms with van der Waals surface area (Å²) >= 11 is 0. The molecule has 2 N–H and O–H groups in total. The summed E-state index contributed by atoms with van der Waals surface area (Å²) in [7, 11) is 2.79. The van der Waals surface area contributed by atoms with Gasteiger partial charge in [0.2, 0.25) is 0 Å². The number of hydrogen-bond donors (Lipinski definition) is 2. The van der Waals surface area contributed by atoms with Crippen LogP contribution in [0, 0.1) is 18.6 Å². The zero-order valence-corrected chi connectivity index (χ0v) is 20.9. The topological polar surface area (TPSA) is 85.7 Å². The van der Waals surface area contributed by atoms with Crippen molar-refractivity contribution in [3.8, 4) is 11.5 Å². The zero-order valence-electron chi connectivity index (χ0n) is 20.9. The van der Waals surface area contributed by atoms with E-state index in [0.29, 0.717) is 0 Å². The Morgan fingerprint density at radius 2 is 1.78 bits per heavy atom. The standard InChI is InChI=1S/C25H29F4N3O4/c1-13(15-8-7-9-17(19(15)26)25(28,29)24(3,4)33)30-23-16-12-18(36-11-10-34-5)22(35-6)20(27)21(16)31-14(2)32-23/h7-9,12-13,33H,10-11H2,1-6H3,(H,30,31,32)/t13-/m1/s1. The molecular weight excluding hydrogens is 482 g/mol. The van der Waals surface area contributed by atoms with Crippen LogP contribution in [0.4, 0.5) is 23.4 Å².